The largest absolute Gasteiger partial charge is 0.472 e. The van der Waals surface area contributed by atoms with Gasteiger partial charge < -0.3 is 19.7 Å². The summed E-state index contributed by atoms with van der Waals surface area (Å²) in [6.07, 6.45) is 7.88. The van der Waals surface area contributed by atoms with Crippen LogP contribution in [0.4, 0.5) is 0 Å². The molecule has 1 aromatic heterocycles. The molecule has 5 nitrogen and oxygen atoms in total. The molecule has 20 heavy (non-hydrogen) atoms. The van der Waals surface area contributed by atoms with Crippen molar-refractivity contribution in [1.29, 1.82) is 0 Å². The molecule has 5 heteroatoms. The van der Waals surface area contributed by atoms with Crippen LogP contribution in [0, 0.1) is 0 Å². The number of nitrogens with one attached hydrogen (secondary N) is 1. The van der Waals surface area contributed by atoms with Crippen molar-refractivity contribution in [3.8, 4) is 0 Å². The first-order valence-electron chi connectivity index (χ1n) is 7.44. The van der Waals surface area contributed by atoms with Gasteiger partial charge in [-0.2, -0.15) is 0 Å². The second kappa shape index (κ2) is 5.58. The number of hydrogen-bond acceptors (Lipinski definition) is 4. The number of carbonyl (C=O) groups is 1. The van der Waals surface area contributed by atoms with Gasteiger partial charge in [0.2, 0.25) is 0 Å². The maximum absolute atomic E-state index is 12.1. The second-order valence-corrected chi connectivity index (χ2v) is 6.04. The quantitative estimate of drug-likeness (QED) is 0.873. The van der Waals surface area contributed by atoms with Crippen LogP contribution >= 0.6 is 0 Å². The molecule has 2 heterocycles. The van der Waals surface area contributed by atoms with E-state index in [9.17, 15) is 9.90 Å². The highest BCUT2D eigenvalue weighted by atomic mass is 16.3. The first kappa shape index (κ1) is 13.6. The zero-order chi connectivity index (χ0) is 14.0. The van der Waals surface area contributed by atoms with Crippen molar-refractivity contribution in [1.82, 2.24) is 10.2 Å². The van der Waals surface area contributed by atoms with Crippen LogP contribution in [0.5, 0.6) is 0 Å². The summed E-state index contributed by atoms with van der Waals surface area (Å²) in [6.45, 7) is 2.22. The average molecular weight is 278 g/mol. The Hall–Kier alpha value is -1.33. The van der Waals surface area contributed by atoms with Crippen molar-refractivity contribution in [2.24, 2.45) is 0 Å². The third kappa shape index (κ3) is 2.88. The molecule has 0 aromatic carbocycles. The van der Waals surface area contributed by atoms with Crippen molar-refractivity contribution >= 4 is 5.91 Å². The molecule has 2 aliphatic rings. The lowest BCUT2D eigenvalue weighted by molar-refractivity contribution is -0.0344. The monoisotopic (exact) mass is 278 g/mol. The summed E-state index contributed by atoms with van der Waals surface area (Å²) in [5.74, 6) is 0.0508. The van der Waals surface area contributed by atoms with Crippen molar-refractivity contribution in [2.45, 2.75) is 43.7 Å². The van der Waals surface area contributed by atoms with Crippen molar-refractivity contribution in [3.05, 3.63) is 24.2 Å². The fourth-order valence-electron chi connectivity index (χ4n) is 2.95. The summed E-state index contributed by atoms with van der Waals surface area (Å²) >= 11 is 0. The number of likely N-dealkylation sites (tertiary alicyclic amines) is 1. The molecule has 0 atom stereocenters. The van der Waals surface area contributed by atoms with Crippen molar-refractivity contribution < 1.29 is 14.3 Å². The van der Waals surface area contributed by atoms with Gasteiger partial charge in [0.05, 0.1) is 17.4 Å². The topological polar surface area (TPSA) is 65.7 Å². The third-order valence-corrected chi connectivity index (χ3v) is 4.55. The van der Waals surface area contributed by atoms with E-state index in [0.717, 1.165) is 45.2 Å². The molecule has 0 bridgehead atoms. The Morgan fingerprint density at radius 2 is 2.20 bits per heavy atom. The van der Waals surface area contributed by atoms with Crippen molar-refractivity contribution in [2.75, 3.05) is 19.6 Å². The van der Waals surface area contributed by atoms with E-state index >= 15 is 0 Å². The van der Waals surface area contributed by atoms with Crippen molar-refractivity contribution in [3.63, 3.8) is 0 Å². The highest BCUT2D eigenvalue weighted by molar-refractivity contribution is 5.93. The lowest BCUT2D eigenvalue weighted by atomic mass is 9.80. The van der Waals surface area contributed by atoms with Crippen LogP contribution in [0.3, 0.4) is 0 Å². The number of aliphatic hydroxyl groups is 1. The first-order chi connectivity index (χ1) is 9.66. The molecular formula is C15H22N2O3. The summed E-state index contributed by atoms with van der Waals surface area (Å²) in [6, 6.07) is 2.12. The van der Waals surface area contributed by atoms with E-state index in [-0.39, 0.29) is 5.91 Å². The molecule has 0 spiro atoms. The minimum atomic E-state index is -0.469. The van der Waals surface area contributed by atoms with Crippen LogP contribution in [0.15, 0.2) is 23.0 Å². The Morgan fingerprint density at radius 1 is 1.45 bits per heavy atom. The minimum Gasteiger partial charge on any atom is -0.472 e. The summed E-state index contributed by atoms with van der Waals surface area (Å²) in [4.78, 5) is 14.0. The standard InChI is InChI=1S/C15H22N2O3/c18-14(12-4-9-20-10-12)17-7-2-13(3-8-17)16-11-15(19)5-1-6-15/h4,9-10,13,16,19H,1-3,5-8,11H2. The number of hydrogen-bond donors (Lipinski definition) is 2. The van der Waals surface area contributed by atoms with Gasteiger partial charge in [-0.3, -0.25) is 4.79 Å². The van der Waals surface area contributed by atoms with Crippen LogP contribution in [0.1, 0.15) is 42.5 Å². The molecule has 1 saturated carbocycles. The van der Waals surface area contributed by atoms with E-state index in [0.29, 0.717) is 18.2 Å². The zero-order valence-electron chi connectivity index (χ0n) is 11.7. The highest BCUT2D eigenvalue weighted by Gasteiger charge is 2.35. The predicted octanol–water partition coefficient (Wildman–Crippen LogP) is 1.39. The van der Waals surface area contributed by atoms with Crippen LogP contribution in [0.2, 0.25) is 0 Å². The van der Waals surface area contributed by atoms with E-state index in [1.54, 1.807) is 6.07 Å². The third-order valence-electron chi connectivity index (χ3n) is 4.55. The van der Waals surface area contributed by atoms with E-state index in [1.807, 2.05) is 4.90 Å². The summed E-state index contributed by atoms with van der Waals surface area (Å²) < 4.78 is 4.95. The van der Waals surface area contributed by atoms with Gasteiger partial charge >= 0.3 is 0 Å². The molecule has 1 saturated heterocycles. The second-order valence-electron chi connectivity index (χ2n) is 6.04. The van der Waals surface area contributed by atoms with Gasteiger partial charge in [-0.15, -0.1) is 0 Å². The number of rotatable bonds is 4. The first-order valence-corrected chi connectivity index (χ1v) is 7.44. The number of amides is 1. The Morgan fingerprint density at radius 3 is 2.75 bits per heavy atom. The molecule has 1 aromatic rings. The SMILES string of the molecule is O=C(c1ccoc1)N1CCC(NCC2(O)CCC2)CC1. The minimum absolute atomic E-state index is 0.0508. The van der Waals surface area contributed by atoms with Gasteiger partial charge in [0.25, 0.3) is 5.91 Å². The lowest BCUT2D eigenvalue weighted by Crippen LogP contribution is -2.52. The zero-order valence-corrected chi connectivity index (χ0v) is 11.7. The lowest BCUT2D eigenvalue weighted by Gasteiger charge is -2.39. The Bertz CT molecular complexity index is 446. The molecule has 1 aliphatic carbocycles. The predicted molar refractivity (Wildman–Crippen MR) is 74.4 cm³/mol. The smallest absolute Gasteiger partial charge is 0.257 e. The Kier molecular flexibility index (Phi) is 3.81. The highest BCUT2D eigenvalue weighted by Crippen LogP contribution is 2.31. The molecule has 1 amide bonds. The summed E-state index contributed by atoms with van der Waals surface area (Å²) in [7, 11) is 0. The number of furan rings is 1. The van der Waals surface area contributed by atoms with E-state index in [4.69, 9.17) is 4.42 Å². The maximum atomic E-state index is 12.1. The molecule has 1 aliphatic heterocycles. The van der Waals surface area contributed by atoms with Gasteiger partial charge in [0.15, 0.2) is 0 Å². The molecule has 0 unspecified atom stereocenters. The Balaban J connectivity index is 1.44. The van der Waals surface area contributed by atoms with Gasteiger partial charge in [-0.1, -0.05) is 0 Å². The summed E-state index contributed by atoms with van der Waals surface area (Å²) in [5, 5.41) is 13.5. The Labute approximate surface area is 118 Å². The average Bonchev–Trinajstić information content (AvgIpc) is 2.97. The van der Waals surface area contributed by atoms with Crippen LogP contribution in [0.25, 0.3) is 0 Å². The molecule has 110 valence electrons. The van der Waals surface area contributed by atoms with Gasteiger partial charge in [-0.25, -0.2) is 0 Å². The van der Waals surface area contributed by atoms with E-state index < -0.39 is 5.60 Å². The number of piperidine rings is 1. The number of nitrogens with zero attached hydrogens (tertiary/aromatic N) is 1. The molecule has 0 radical (unpaired) electrons. The normalized spacial score (nSPS) is 22.6. The molecule has 2 N–H and O–H groups in total. The van der Waals surface area contributed by atoms with E-state index in [1.165, 1.54) is 12.5 Å². The molecule has 2 fully saturated rings. The summed E-state index contributed by atoms with van der Waals surface area (Å²) in [5.41, 5.74) is 0.157. The van der Waals surface area contributed by atoms with Gasteiger partial charge in [-0.05, 0) is 38.2 Å². The molecule has 3 rings (SSSR count). The van der Waals surface area contributed by atoms with Gasteiger partial charge in [0, 0.05) is 25.7 Å². The number of carbonyl (C=O) groups excluding carboxylic acids is 1. The van der Waals surface area contributed by atoms with Gasteiger partial charge in [0.1, 0.15) is 6.26 Å². The van der Waals surface area contributed by atoms with E-state index in [2.05, 4.69) is 5.32 Å². The fourth-order valence-corrected chi connectivity index (χ4v) is 2.95. The van der Waals surface area contributed by atoms with Crippen LogP contribution in [-0.4, -0.2) is 47.2 Å². The maximum Gasteiger partial charge on any atom is 0.257 e. The fraction of sp³-hybridized carbons (Fsp3) is 0.667. The van der Waals surface area contributed by atoms with Crippen LogP contribution < -0.4 is 5.32 Å². The van der Waals surface area contributed by atoms with Crippen LogP contribution in [-0.2, 0) is 0 Å². The molecular weight excluding hydrogens is 256 g/mol.